The number of esters is 1. The Morgan fingerprint density at radius 1 is 1.46 bits per heavy atom. The quantitative estimate of drug-likeness (QED) is 0.147. The number of carboxylic acids is 1. The molecule has 0 radical (unpaired) electrons. The van der Waals surface area contributed by atoms with E-state index in [1.807, 2.05) is 0 Å². The molecule has 2 amide bonds. The number of carbonyl (C=O) groups is 4. The number of nitrogens with zero attached hydrogens (tertiary/aromatic N) is 3. The molecule has 1 aromatic heterocycles. The Kier molecular flexibility index (Phi) is 7.32. The molecular formula is C21H25N5O7S2. The monoisotopic (exact) mass is 523 g/mol. The number of aromatic nitrogens is 1. The Bertz CT molecular complexity index is 1120. The normalized spacial score (nSPS) is 26.1. The number of aliphatic carboxylic acids is 1. The average Bonchev–Trinajstić information content (AvgIpc) is 3.23. The highest BCUT2D eigenvalue weighted by Gasteiger charge is 2.61. The van der Waals surface area contributed by atoms with Crippen LogP contribution in [0.2, 0.25) is 0 Å². The molecule has 2 aliphatic heterocycles. The van der Waals surface area contributed by atoms with Crippen molar-refractivity contribution >= 4 is 57.7 Å². The minimum Gasteiger partial charge on any atom is -0.480 e. The molecule has 2 fully saturated rings. The summed E-state index contributed by atoms with van der Waals surface area (Å²) in [6.07, 6.45) is 5.62. The number of rotatable bonds is 7. The smallest absolute Gasteiger partial charge is 0.324 e. The molecule has 35 heavy (non-hydrogen) atoms. The number of ether oxygens (including phenoxy) is 1. The Labute approximate surface area is 209 Å². The standard InChI is InChI=1S/C21H25N5O7S2/c1-6-21(17(29)30)9-26-15(28)13(16(26)35-11(21)7-33-18(31)20(2,3)4)24-14(27)12(25-32-5)10-8-34-19(22)23-10/h1,8,11,13,16H,7,9H2,2-5H3,(H2,22,23)(H,24,27)(H,29,30)/t11?,13?,16-,21?/m1/s1. The number of carboxylic acid groups (broad SMARTS) is 1. The largest absolute Gasteiger partial charge is 0.480 e. The number of nitrogens with one attached hydrogen (secondary N) is 1. The van der Waals surface area contributed by atoms with Gasteiger partial charge in [-0.1, -0.05) is 11.1 Å². The van der Waals surface area contributed by atoms with E-state index in [0.29, 0.717) is 0 Å². The van der Waals surface area contributed by atoms with Gasteiger partial charge in [0, 0.05) is 5.38 Å². The molecule has 0 saturated carbocycles. The van der Waals surface area contributed by atoms with E-state index in [-0.39, 0.29) is 29.7 Å². The first-order valence-corrected chi connectivity index (χ1v) is 12.2. The fourth-order valence-corrected chi connectivity index (χ4v) is 5.66. The summed E-state index contributed by atoms with van der Waals surface area (Å²) in [5.41, 5.74) is 3.06. The molecule has 3 rings (SSSR count). The first kappa shape index (κ1) is 26.3. The summed E-state index contributed by atoms with van der Waals surface area (Å²) in [5, 5.41) is 16.5. The van der Waals surface area contributed by atoms with Gasteiger partial charge in [0.25, 0.3) is 5.91 Å². The van der Waals surface area contributed by atoms with Gasteiger partial charge in [-0.15, -0.1) is 29.5 Å². The van der Waals surface area contributed by atoms with Crippen molar-refractivity contribution in [3.63, 3.8) is 0 Å². The zero-order chi connectivity index (χ0) is 26.1. The fraction of sp³-hybridized carbons (Fsp3) is 0.524. The van der Waals surface area contributed by atoms with Crippen molar-refractivity contribution in [2.75, 3.05) is 26.0 Å². The van der Waals surface area contributed by atoms with E-state index in [2.05, 4.69) is 21.4 Å². The lowest BCUT2D eigenvalue weighted by molar-refractivity contribution is -0.161. The minimum atomic E-state index is -1.77. The summed E-state index contributed by atoms with van der Waals surface area (Å²) >= 11 is 2.16. The molecule has 12 nitrogen and oxygen atoms in total. The summed E-state index contributed by atoms with van der Waals surface area (Å²) in [6.45, 7) is 4.44. The Morgan fingerprint density at radius 3 is 2.66 bits per heavy atom. The molecule has 0 spiro atoms. The van der Waals surface area contributed by atoms with Crippen molar-refractivity contribution < 1.29 is 33.9 Å². The molecular weight excluding hydrogens is 498 g/mol. The lowest BCUT2D eigenvalue weighted by Crippen LogP contribution is -2.75. The number of oxime groups is 1. The molecule has 2 aliphatic rings. The number of nitrogen functional groups attached to an aromatic ring is 1. The molecule has 0 bridgehead atoms. The maximum atomic E-state index is 12.9. The second kappa shape index (κ2) is 9.74. The van der Waals surface area contributed by atoms with Crippen molar-refractivity contribution in [2.24, 2.45) is 16.0 Å². The molecule has 2 saturated heterocycles. The number of nitrogens with two attached hydrogens (primary N) is 1. The number of terminal acetylenes is 1. The molecule has 3 unspecified atom stereocenters. The predicted octanol–water partition coefficient (Wildman–Crippen LogP) is 0.138. The van der Waals surface area contributed by atoms with Gasteiger partial charge in [-0.25, -0.2) is 4.98 Å². The molecule has 3 heterocycles. The van der Waals surface area contributed by atoms with E-state index >= 15 is 0 Å². The molecule has 0 aromatic carbocycles. The zero-order valence-electron chi connectivity index (χ0n) is 19.4. The van der Waals surface area contributed by atoms with Crippen LogP contribution in [0.4, 0.5) is 5.13 Å². The predicted molar refractivity (Wildman–Crippen MR) is 128 cm³/mol. The number of amides is 2. The van der Waals surface area contributed by atoms with E-state index in [4.69, 9.17) is 21.7 Å². The topological polar surface area (TPSA) is 174 Å². The van der Waals surface area contributed by atoms with Crippen LogP contribution in [0.1, 0.15) is 26.5 Å². The third kappa shape index (κ3) is 4.92. The number of carbonyl (C=O) groups excluding carboxylic acids is 3. The third-order valence-electron chi connectivity index (χ3n) is 5.48. The van der Waals surface area contributed by atoms with Gasteiger partial charge in [0.1, 0.15) is 30.8 Å². The minimum absolute atomic E-state index is 0.174. The van der Waals surface area contributed by atoms with Gasteiger partial charge < -0.3 is 30.6 Å². The molecule has 188 valence electrons. The number of thioether (sulfide) groups is 1. The van der Waals surface area contributed by atoms with E-state index in [1.165, 1.54) is 17.4 Å². The van der Waals surface area contributed by atoms with Gasteiger partial charge in [0.05, 0.1) is 17.2 Å². The van der Waals surface area contributed by atoms with Crippen molar-refractivity contribution in [1.29, 1.82) is 0 Å². The summed E-state index contributed by atoms with van der Waals surface area (Å²) < 4.78 is 5.37. The second-order valence-corrected chi connectivity index (χ2v) is 11.1. The SMILES string of the molecule is C#CC1(C(=O)O)CN2C(=O)C(NC(=O)C(=NOC)c3csc(N)n3)[C@H]2SC1COC(=O)C(C)(C)C. The highest BCUT2D eigenvalue weighted by molar-refractivity contribution is 8.00. The van der Waals surface area contributed by atoms with Crippen molar-refractivity contribution in [2.45, 2.75) is 37.4 Å². The van der Waals surface area contributed by atoms with E-state index in [1.54, 1.807) is 20.8 Å². The molecule has 4 atom stereocenters. The van der Waals surface area contributed by atoms with Gasteiger partial charge in [-0.05, 0) is 20.8 Å². The Hall–Kier alpha value is -3.31. The van der Waals surface area contributed by atoms with Gasteiger partial charge in [0.2, 0.25) is 5.91 Å². The van der Waals surface area contributed by atoms with Crippen molar-refractivity contribution in [3.8, 4) is 12.3 Å². The lowest BCUT2D eigenvalue weighted by atomic mass is 9.82. The molecule has 4 N–H and O–H groups in total. The van der Waals surface area contributed by atoms with Crippen LogP contribution in [-0.2, 0) is 28.8 Å². The van der Waals surface area contributed by atoms with Crippen LogP contribution in [-0.4, -0.2) is 81.4 Å². The number of anilines is 1. The first-order valence-electron chi connectivity index (χ1n) is 10.3. The van der Waals surface area contributed by atoms with Gasteiger partial charge >= 0.3 is 11.9 Å². The maximum Gasteiger partial charge on any atom is 0.324 e. The van der Waals surface area contributed by atoms with Gasteiger partial charge in [-0.2, -0.15) is 0 Å². The number of hydrogen-bond acceptors (Lipinski definition) is 11. The number of β-lactam (4-membered cyclic amide) rings is 1. The summed E-state index contributed by atoms with van der Waals surface area (Å²) in [4.78, 5) is 60.2. The third-order valence-corrected chi connectivity index (χ3v) is 7.83. The highest BCUT2D eigenvalue weighted by Crippen LogP contribution is 2.47. The summed E-state index contributed by atoms with van der Waals surface area (Å²) in [5.74, 6) is -0.751. The number of fused-ring (bicyclic) bond motifs is 1. The second-order valence-electron chi connectivity index (χ2n) is 8.90. The van der Waals surface area contributed by atoms with Crippen molar-refractivity contribution in [1.82, 2.24) is 15.2 Å². The molecule has 14 heteroatoms. The van der Waals surface area contributed by atoms with Crippen LogP contribution < -0.4 is 11.1 Å². The van der Waals surface area contributed by atoms with E-state index in [9.17, 15) is 24.3 Å². The van der Waals surface area contributed by atoms with E-state index in [0.717, 1.165) is 23.1 Å². The fourth-order valence-electron chi connectivity index (χ4n) is 3.49. The molecule has 0 aliphatic carbocycles. The number of thiazole rings is 1. The zero-order valence-corrected chi connectivity index (χ0v) is 21.1. The molecule has 1 aromatic rings. The van der Waals surface area contributed by atoms with Crippen LogP contribution in [0.5, 0.6) is 0 Å². The Balaban J connectivity index is 1.80. The number of hydrogen-bond donors (Lipinski definition) is 3. The lowest BCUT2D eigenvalue weighted by Gasteiger charge is -2.55. The average molecular weight is 524 g/mol. The van der Waals surface area contributed by atoms with Crippen LogP contribution in [0.15, 0.2) is 10.5 Å². The van der Waals surface area contributed by atoms with E-state index < -0.39 is 51.2 Å². The first-order chi connectivity index (χ1) is 16.4. The summed E-state index contributed by atoms with van der Waals surface area (Å²) in [7, 11) is 1.25. The van der Waals surface area contributed by atoms with Crippen molar-refractivity contribution in [3.05, 3.63) is 11.1 Å². The van der Waals surface area contributed by atoms with Gasteiger partial charge in [-0.3, -0.25) is 19.2 Å². The summed E-state index contributed by atoms with van der Waals surface area (Å²) in [6, 6.07) is -0.990. The van der Waals surface area contributed by atoms with Crippen LogP contribution >= 0.6 is 23.1 Å². The van der Waals surface area contributed by atoms with Crippen LogP contribution in [0.25, 0.3) is 0 Å². The maximum absolute atomic E-state index is 12.9. The van der Waals surface area contributed by atoms with Gasteiger partial charge in [0.15, 0.2) is 16.3 Å². The Morgan fingerprint density at radius 2 is 2.14 bits per heavy atom. The van der Waals surface area contributed by atoms with Crippen LogP contribution in [0.3, 0.4) is 0 Å². The van der Waals surface area contributed by atoms with Crippen LogP contribution in [0, 0.1) is 23.2 Å². The highest BCUT2D eigenvalue weighted by atomic mass is 32.2.